The molecule has 30 heavy (non-hydrogen) atoms. The predicted molar refractivity (Wildman–Crippen MR) is 119 cm³/mol. The van der Waals surface area contributed by atoms with Crippen molar-refractivity contribution in [2.75, 3.05) is 5.32 Å². The maximum Gasteiger partial charge on any atom is 0.265 e. The molecule has 3 aromatic rings. The fourth-order valence-electron chi connectivity index (χ4n) is 2.85. The Morgan fingerprint density at radius 2 is 1.70 bits per heavy atom. The quantitative estimate of drug-likeness (QED) is 0.564. The smallest absolute Gasteiger partial charge is 0.265 e. The van der Waals surface area contributed by atoms with Crippen LogP contribution in [0.15, 0.2) is 72.8 Å². The second kappa shape index (κ2) is 9.94. The minimum Gasteiger partial charge on any atom is -0.481 e. The molecule has 6 heteroatoms. The maximum absolute atomic E-state index is 12.6. The molecule has 0 radical (unpaired) electrons. The van der Waals surface area contributed by atoms with Crippen LogP contribution in [-0.4, -0.2) is 17.9 Å². The van der Waals surface area contributed by atoms with Gasteiger partial charge in [0.1, 0.15) is 5.75 Å². The summed E-state index contributed by atoms with van der Waals surface area (Å²) in [7, 11) is 0. The second-order valence-electron chi connectivity index (χ2n) is 6.87. The fourth-order valence-corrected chi connectivity index (χ4v) is 2.96. The van der Waals surface area contributed by atoms with Crippen LogP contribution in [0.1, 0.15) is 28.4 Å². The number of ether oxygens (including phenoxy) is 1. The van der Waals surface area contributed by atoms with Crippen LogP contribution in [0.5, 0.6) is 5.75 Å². The maximum atomic E-state index is 12.6. The zero-order valence-corrected chi connectivity index (χ0v) is 17.6. The first-order valence-electron chi connectivity index (χ1n) is 9.59. The van der Waals surface area contributed by atoms with Gasteiger partial charge in [0.25, 0.3) is 11.8 Å². The largest absolute Gasteiger partial charge is 0.481 e. The van der Waals surface area contributed by atoms with Crippen molar-refractivity contribution < 1.29 is 14.3 Å². The first-order chi connectivity index (χ1) is 14.4. The molecule has 0 aliphatic heterocycles. The number of hydrogen-bond acceptors (Lipinski definition) is 3. The van der Waals surface area contributed by atoms with Crippen molar-refractivity contribution in [1.29, 1.82) is 0 Å². The highest BCUT2D eigenvalue weighted by molar-refractivity contribution is 6.31. The molecule has 0 fully saturated rings. The summed E-state index contributed by atoms with van der Waals surface area (Å²) >= 11 is 6.03. The molecule has 0 heterocycles. The van der Waals surface area contributed by atoms with Gasteiger partial charge in [0.05, 0.1) is 11.3 Å². The molecular formula is C24H23ClN2O3. The van der Waals surface area contributed by atoms with Crippen LogP contribution in [0.4, 0.5) is 5.69 Å². The molecule has 3 rings (SSSR count). The van der Waals surface area contributed by atoms with Crippen LogP contribution in [-0.2, 0) is 11.3 Å². The van der Waals surface area contributed by atoms with Crippen molar-refractivity contribution in [3.05, 3.63) is 94.5 Å². The zero-order chi connectivity index (χ0) is 21.5. The normalized spacial score (nSPS) is 11.4. The second-order valence-corrected chi connectivity index (χ2v) is 7.28. The number of para-hydroxylation sites is 1. The third kappa shape index (κ3) is 5.61. The molecule has 2 N–H and O–H groups in total. The van der Waals surface area contributed by atoms with E-state index in [9.17, 15) is 9.59 Å². The first-order valence-corrected chi connectivity index (χ1v) is 9.96. The first kappa shape index (κ1) is 21.4. The zero-order valence-electron chi connectivity index (χ0n) is 16.8. The SMILES string of the molecule is Cc1cc(O[C@@H](C)C(=O)Nc2ccccc2C(=O)NCc2ccccc2)ccc1Cl. The van der Waals surface area contributed by atoms with E-state index in [4.69, 9.17) is 16.3 Å². The molecule has 0 aromatic heterocycles. The Hall–Kier alpha value is -3.31. The van der Waals surface area contributed by atoms with E-state index in [1.54, 1.807) is 49.4 Å². The van der Waals surface area contributed by atoms with Gasteiger partial charge in [-0.1, -0.05) is 54.1 Å². The molecule has 154 valence electrons. The number of carbonyl (C=O) groups excluding carboxylic acids is 2. The van der Waals surface area contributed by atoms with Crippen molar-refractivity contribution in [2.45, 2.75) is 26.5 Å². The molecule has 0 aliphatic carbocycles. The van der Waals surface area contributed by atoms with Crippen molar-refractivity contribution in [3.8, 4) is 5.75 Å². The van der Waals surface area contributed by atoms with Gasteiger partial charge in [-0.15, -0.1) is 0 Å². The van der Waals surface area contributed by atoms with Gasteiger partial charge in [0.2, 0.25) is 0 Å². The van der Waals surface area contributed by atoms with E-state index < -0.39 is 6.10 Å². The molecule has 1 atom stereocenters. The molecule has 3 aromatic carbocycles. The van der Waals surface area contributed by atoms with Crippen molar-refractivity contribution in [1.82, 2.24) is 5.32 Å². The summed E-state index contributed by atoms with van der Waals surface area (Å²) in [5.41, 5.74) is 2.67. The summed E-state index contributed by atoms with van der Waals surface area (Å²) in [4.78, 5) is 25.3. The van der Waals surface area contributed by atoms with Gasteiger partial charge in [0.15, 0.2) is 6.10 Å². The summed E-state index contributed by atoms with van der Waals surface area (Å²) < 4.78 is 5.72. The molecule has 0 bridgehead atoms. The molecule has 0 unspecified atom stereocenters. The number of anilines is 1. The Morgan fingerprint density at radius 1 is 1.00 bits per heavy atom. The van der Waals surface area contributed by atoms with Gasteiger partial charge >= 0.3 is 0 Å². The molecule has 0 spiro atoms. The summed E-state index contributed by atoms with van der Waals surface area (Å²) in [5.74, 6) is -0.0731. The number of hydrogen-bond donors (Lipinski definition) is 2. The lowest BCUT2D eigenvalue weighted by molar-refractivity contribution is -0.122. The Balaban J connectivity index is 1.65. The van der Waals surface area contributed by atoms with Crippen LogP contribution in [0, 0.1) is 6.92 Å². The Kier molecular flexibility index (Phi) is 7.09. The molecule has 0 saturated carbocycles. The van der Waals surface area contributed by atoms with E-state index in [-0.39, 0.29) is 11.8 Å². The standard InChI is InChI=1S/C24H23ClN2O3/c1-16-14-19(12-13-21(16)25)30-17(2)23(28)27-22-11-7-6-10-20(22)24(29)26-15-18-8-4-3-5-9-18/h3-14,17H,15H2,1-2H3,(H,26,29)(H,27,28)/t17-/m0/s1. The molecule has 2 amide bonds. The minimum atomic E-state index is -0.758. The average Bonchev–Trinajstić information content (AvgIpc) is 2.75. The van der Waals surface area contributed by atoms with Crippen LogP contribution in [0.3, 0.4) is 0 Å². The van der Waals surface area contributed by atoms with Gasteiger partial charge < -0.3 is 15.4 Å². The van der Waals surface area contributed by atoms with E-state index in [2.05, 4.69) is 10.6 Å². The highest BCUT2D eigenvalue weighted by atomic mass is 35.5. The number of aryl methyl sites for hydroxylation is 1. The molecule has 0 saturated heterocycles. The van der Waals surface area contributed by atoms with Gasteiger partial charge in [-0.25, -0.2) is 0 Å². The fraction of sp³-hybridized carbons (Fsp3) is 0.167. The highest BCUT2D eigenvalue weighted by Gasteiger charge is 2.18. The average molecular weight is 423 g/mol. The highest BCUT2D eigenvalue weighted by Crippen LogP contribution is 2.22. The number of amides is 2. The van der Waals surface area contributed by atoms with E-state index in [1.807, 2.05) is 37.3 Å². The lowest BCUT2D eigenvalue weighted by Crippen LogP contribution is -2.31. The number of benzene rings is 3. The summed E-state index contributed by atoms with van der Waals surface area (Å²) in [6, 6.07) is 21.7. The van der Waals surface area contributed by atoms with E-state index >= 15 is 0 Å². The number of nitrogens with one attached hydrogen (secondary N) is 2. The molecule has 5 nitrogen and oxygen atoms in total. The molecular weight excluding hydrogens is 400 g/mol. The topological polar surface area (TPSA) is 67.4 Å². The Labute approximate surface area is 181 Å². The lowest BCUT2D eigenvalue weighted by atomic mass is 10.1. The Bertz CT molecular complexity index is 1040. The number of carbonyl (C=O) groups is 2. The number of rotatable bonds is 7. The minimum absolute atomic E-state index is 0.267. The summed E-state index contributed by atoms with van der Waals surface area (Å²) in [6.07, 6.45) is -0.758. The Morgan fingerprint density at radius 3 is 2.43 bits per heavy atom. The monoisotopic (exact) mass is 422 g/mol. The summed E-state index contributed by atoms with van der Waals surface area (Å²) in [5, 5.41) is 6.29. The van der Waals surface area contributed by atoms with E-state index in [0.29, 0.717) is 28.6 Å². The number of halogens is 1. The van der Waals surface area contributed by atoms with Gasteiger partial charge in [-0.3, -0.25) is 9.59 Å². The van der Waals surface area contributed by atoms with Crippen molar-refractivity contribution in [2.24, 2.45) is 0 Å². The van der Waals surface area contributed by atoms with Gasteiger partial charge in [0, 0.05) is 11.6 Å². The van der Waals surface area contributed by atoms with Gasteiger partial charge in [-0.05, 0) is 55.3 Å². The molecule has 0 aliphatic rings. The van der Waals surface area contributed by atoms with Crippen LogP contribution >= 0.6 is 11.6 Å². The third-order valence-electron chi connectivity index (χ3n) is 4.54. The van der Waals surface area contributed by atoms with Crippen molar-refractivity contribution >= 4 is 29.1 Å². The predicted octanol–water partition coefficient (Wildman–Crippen LogP) is 4.98. The summed E-state index contributed by atoms with van der Waals surface area (Å²) in [6.45, 7) is 3.92. The van der Waals surface area contributed by atoms with E-state index in [0.717, 1.165) is 11.1 Å². The van der Waals surface area contributed by atoms with Crippen LogP contribution in [0.2, 0.25) is 5.02 Å². The van der Waals surface area contributed by atoms with Crippen LogP contribution < -0.4 is 15.4 Å². The lowest BCUT2D eigenvalue weighted by Gasteiger charge is -2.17. The van der Waals surface area contributed by atoms with E-state index in [1.165, 1.54) is 0 Å². The van der Waals surface area contributed by atoms with Gasteiger partial charge in [-0.2, -0.15) is 0 Å². The van der Waals surface area contributed by atoms with Crippen molar-refractivity contribution in [3.63, 3.8) is 0 Å². The van der Waals surface area contributed by atoms with Crippen LogP contribution in [0.25, 0.3) is 0 Å². The third-order valence-corrected chi connectivity index (χ3v) is 4.96.